The van der Waals surface area contributed by atoms with E-state index in [0.29, 0.717) is 6.42 Å². The Morgan fingerprint density at radius 3 is 2.63 bits per heavy atom. The van der Waals surface area contributed by atoms with E-state index >= 15 is 0 Å². The number of carbonyl (C=O) groups excluding carboxylic acids is 2. The lowest BCUT2D eigenvalue weighted by atomic mass is 9.99. The molecule has 0 aliphatic carbocycles. The average molecular weight is 267 g/mol. The minimum absolute atomic E-state index is 0.0387. The number of aromatic amines is 1. The van der Waals surface area contributed by atoms with Gasteiger partial charge < -0.3 is 10.1 Å². The Balaban J connectivity index is 2.84. The molecule has 2 unspecified atom stereocenters. The first-order chi connectivity index (χ1) is 8.99. The molecule has 2 atom stereocenters. The molecule has 7 nitrogen and oxygen atoms in total. The molecule has 1 amide bonds. The summed E-state index contributed by atoms with van der Waals surface area (Å²) in [5.41, 5.74) is -0.361. The van der Waals surface area contributed by atoms with E-state index < -0.39 is 23.5 Å². The first-order valence-electron chi connectivity index (χ1n) is 5.94. The van der Waals surface area contributed by atoms with Gasteiger partial charge in [0.15, 0.2) is 0 Å². The standard InChI is InChI=1S/C12H17N3O4/c1-4-7(2)10(12(18)19-3)13-11(17)8-5-6-9(16)15-14-8/h5-7,10H,4H2,1-3H3,(H,13,17)(H,15,16). The number of hydrogen-bond donors (Lipinski definition) is 2. The molecule has 0 aliphatic rings. The fourth-order valence-electron chi connectivity index (χ4n) is 1.48. The van der Waals surface area contributed by atoms with E-state index in [1.807, 2.05) is 13.8 Å². The molecular weight excluding hydrogens is 250 g/mol. The van der Waals surface area contributed by atoms with Crippen molar-refractivity contribution in [2.75, 3.05) is 7.11 Å². The van der Waals surface area contributed by atoms with Crippen molar-refractivity contribution in [3.8, 4) is 0 Å². The van der Waals surface area contributed by atoms with E-state index in [1.165, 1.54) is 19.2 Å². The van der Waals surface area contributed by atoms with Gasteiger partial charge in [0.2, 0.25) is 0 Å². The second kappa shape index (κ2) is 6.67. The van der Waals surface area contributed by atoms with Gasteiger partial charge in [-0.15, -0.1) is 0 Å². The predicted molar refractivity (Wildman–Crippen MR) is 67.6 cm³/mol. The minimum atomic E-state index is -0.740. The minimum Gasteiger partial charge on any atom is -0.467 e. The Morgan fingerprint density at radius 1 is 1.47 bits per heavy atom. The number of nitrogens with zero attached hydrogens (tertiary/aromatic N) is 1. The number of amides is 1. The number of H-pyrrole nitrogens is 1. The van der Waals surface area contributed by atoms with Crippen molar-refractivity contribution in [1.82, 2.24) is 15.5 Å². The zero-order chi connectivity index (χ0) is 14.4. The number of rotatable bonds is 5. The van der Waals surface area contributed by atoms with Gasteiger partial charge in [-0.1, -0.05) is 20.3 Å². The summed E-state index contributed by atoms with van der Waals surface area (Å²) in [6.45, 7) is 3.74. The van der Waals surface area contributed by atoms with E-state index in [4.69, 9.17) is 0 Å². The molecule has 1 rings (SSSR count). The molecule has 0 saturated heterocycles. The normalized spacial score (nSPS) is 13.4. The lowest BCUT2D eigenvalue weighted by Crippen LogP contribution is -2.46. The summed E-state index contributed by atoms with van der Waals surface area (Å²) in [6, 6.07) is 1.74. The van der Waals surface area contributed by atoms with Gasteiger partial charge in [-0.25, -0.2) is 9.89 Å². The van der Waals surface area contributed by atoms with Crippen LogP contribution in [0.1, 0.15) is 30.8 Å². The van der Waals surface area contributed by atoms with Crippen LogP contribution in [0, 0.1) is 5.92 Å². The third-order valence-electron chi connectivity index (χ3n) is 2.87. The van der Waals surface area contributed by atoms with E-state index in [1.54, 1.807) is 0 Å². The Kier molecular flexibility index (Phi) is 5.23. The van der Waals surface area contributed by atoms with Crippen LogP contribution in [0.2, 0.25) is 0 Å². The van der Waals surface area contributed by atoms with Crippen molar-refractivity contribution in [1.29, 1.82) is 0 Å². The van der Waals surface area contributed by atoms with E-state index in [0.717, 1.165) is 0 Å². The van der Waals surface area contributed by atoms with Crippen LogP contribution in [-0.2, 0) is 9.53 Å². The van der Waals surface area contributed by atoms with Crippen molar-refractivity contribution in [3.05, 3.63) is 28.2 Å². The molecule has 0 bridgehead atoms. The van der Waals surface area contributed by atoms with Crippen molar-refractivity contribution in [2.24, 2.45) is 5.92 Å². The highest BCUT2D eigenvalue weighted by molar-refractivity contribution is 5.95. The summed E-state index contributed by atoms with van der Waals surface area (Å²) in [5.74, 6) is -1.11. The van der Waals surface area contributed by atoms with Crippen LogP contribution < -0.4 is 10.9 Å². The second-order valence-corrected chi connectivity index (χ2v) is 4.17. The summed E-state index contributed by atoms with van der Waals surface area (Å²) in [4.78, 5) is 34.4. The molecule has 104 valence electrons. The van der Waals surface area contributed by atoms with Gasteiger partial charge in [-0.3, -0.25) is 9.59 Å². The largest absolute Gasteiger partial charge is 0.467 e. The summed E-state index contributed by atoms with van der Waals surface area (Å²) in [6.07, 6.45) is 0.707. The van der Waals surface area contributed by atoms with Crippen molar-refractivity contribution < 1.29 is 14.3 Å². The van der Waals surface area contributed by atoms with Crippen LogP contribution in [-0.4, -0.2) is 35.2 Å². The molecule has 1 heterocycles. The SMILES string of the molecule is CCC(C)C(NC(=O)c1ccc(=O)[nH]n1)C(=O)OC. The third-order valence-corrected chi connectivity index (χ3v) is 2.87. The number of nitrogens with one attached hydrogen (secondary N) is 2. The maximum absolute atomic E-state index is 11.9. The summed E-state index contributed by atoms with van der Waals surface area (Å²) in [7, 11) is 1.27. The van der Waals surface area contributed by atoms with Crippen LogP contribution in [0.4, 0.5) is 0 Å². The number of ether oxygens (including phenoxy) is 1. The highest BCUT2D eigenvalue weighted by atomic mass is 16.5. The maximum Gasteiger partial charge on any atom is 0.328 e. The monoisotopic (exact) mass is 267 g/mol. The summed E-state index contributed by atoms with van der Waals surface area (Å²) >= 11 is 0. The lowest BCUT2D eigenvalue weighted by Gasteiger charge is -2.21. The number of aromatic nitrogens is 2. The van der Waals surface area contributed by atoms with Crippen LogP contribution in [0.5, 0.6) is 0 Å². The van der Waals surface area contributed by atoms with E-state index in [-0.39, 0.29) is 11.6 Å². The average Bonchev–Trinajstić information content (AvgIpc) is 2.43. The molecule has 0 fully saturated rings. The molecule has 7 heteroatoms. The molecular formula is C12H17N3O4. The van der Waals surface area contributed by atoms with Crippen LogP contribution >= 0.6 is 0 Å². The Labute approximate surface area is 110 Å². The van der Waals surface area contributed by atoms with Crippen LogP contribution in [0.15, 0.2) is 16.9 Å². The molecule has 1 aromatic heterocycles. The Hall–Kier alpha value is -2.18. The topological polar surface area (TPSA) is 101 Å². The number of methoxy groups -OCH3 is 1. The fraction of sp³-hybridized carbons (Fsp3) is 0.500. The van der Waals surface area contributed by atoms with Gasteiger partial charge >= 0.3 is 5.97 Å². The lowest BCUT2D eigenvalue weighted by molar-refractivity contribution is -0.144. The number of esters is 1. The highest BCUT2D eigenvalue weighted by Gasteiger charge is 2.27. The second-order valence-electron chi connectivity index (χ2n) is 4.17. The molecule has 0 saturated carbocycles. The smallest absolute Gasteiger partial charge is 0.328 e. The molecule has 0 radical (unpaired) electrons. The quantitative estimate of drug-likeness (QED) is 0.736. The molecule has 0 aromatic carbocycles. The van der Waals surface area contributed by atoms with Gasteiger partial charge in [0.05, 0.1) is 7.11 Å². The molecule has 0 spiro atoms. The van der Waals surface area contributed by atoms with E-state index in [2.05, 4.69) is 20.3 Å². The van der Waals surface area contributed by atoms with Gasteiger partial charge in [-0.05, 0) is 12.0 Å². The van der Waals surface area contributed by atoms with Crippen molar-refractivity contribution >= 4 is 11.9 Å². The van der Waals surface area contributed by atoms with Gasteiger partial charge in [0, 0.05) is 6.07 Å². The molecule has 2 N–H and O–H groups in total. The number of hydrogen-bond acceptors (Lipinski definition) is 5. The molecule has 1 aromatic rings. The highest BCUT2D eigenvalue weighted by Crippen LogP contribution is 2.09. The zero-order valence-electron chi connectivity index (χ0n) is 11.1. The summed E-state index contributed by atoms with van der Waals surface area (Å²) in [5, 5.41) is 8.31. The van der Waals surface area contributed by atoms with Crippen molar-refractivity contribution in [3.63, 3.8) is 0 Å². The van der Waals surface area contributed by atoms with Gasteiger partial charge in [0.1, 0.15) is 11.7 Å². The maximum atomic E-state index is 11.9. The third kappa shape index (κ3) is 3.90. The first kappa shape index (κ1) is 14.9. The summed E-state index contributed by atoms with van der Waals surface area (Å²) < 4.78 is 4.66. The van der Waals surface area contributed by atoms with Crippen LogP contribution in [0.25, 0.3) is 0 Å². The Morgan fingerprint density at radius 2 is 2.16 bits per heavy atom. The number of carbonyl (C=O) groups is 2. The molecule has 0 aliphatic heterocycles. The van der Waals surface area contributed by atoms with Crippen molar-refractivity contribution in [2.45, 2.75) is 26.3 Å². The molecule has 19 heavy (non-hydrogen) atoms. The predicted octanol–water partition coefficient (Wildman–Crippen LogP) is 0.0874. The Bertz CT molecular complexity index is 491. The first-order valence-corrected chi connectivity index (χ1v) is 5.94. The van der Waals surface area contributed by atoms with Crippen LogP contribution in [0.3, 0.4) is 0 Å². The van der Waals surface area contributed by atoms with Gasteiger partial charge in [-0.2, -0.15) is 5.10 Å². The van der Waals surface area contributed by atoms with E-state index in [9.17, 15) is 14.4 Å². The van der Waals surface area contributed by atoms with Gasteiger partial charge in [0.25, 0.3) is 11.5 Å². The zero-order valence-corrected chi connectivity index (χ0v) is 11.1. The fourth-order valence-corrected chi connectivity index (χ4v) is 1.48.